The minimum Gasteiger partial charge on any atom is -0.356 e. The van der Waals surface area contributed by atoms with Crippen LogP contribution in [-0.4, -0.2) is 26.3 Å². The molecule has 2 rings (SSSR count). The summed E-state index contributed by atoms with van der Waals surface area (Å²) in [6, 6.07) is 0. The van der Waals surface area contributed by atoms with Gasteiger partial charge >= 0.3 is 0 Å². The van der Waals surface area contributed by atoms with Crippen LogP contribution in [-0.2, 0) is 14.2 Å². The van der Waals surface area contributed by atoms with E-state index in [1.807, 2.05) is 0 Å². The van der Waals surface area contributed by atoms with Gasteiger partial charge in [0.2, 0.25) is 0 Å². The lowest BCUT2D eigenvalue weighted by Crippen LogP contribution is -2.13. The van der Waals surface area contributed by atoms with Gasteiger partial charge in [0.05, 0.1) is 6.61 Å². The van der Waals surface area contributed by atoms with E-state index in [1.54, 1.807) is 7.11 Å². The van der Waals surface area contributed by atoms with E-state index in [2.05, 4.69) is 0 Å². The molecular weight excluding hydrogens is 132 g/mol. The summed E-state index contributed by atoms with van der Waals surface area (Å²) in [6.45, 7) is 0.853. The van der Waals surface area contributed by atoms with Gasteiger partial charge in [-0.25, -0.2) is 0 Å². The summed E-state index contributed by atoms with van der Waals surface area (Å²) in [5.74, 6) is 0.588. The molecule has 10 heavy (non-hydrogen) atoms. The molecule has 2 aliphatic heterocycles. The lowest BCUT2D eigenvalue weighted by Gasteiger charge is -2.09. The van der Waals surface area contributed by atoms with E-state index in [0.29, 0.717) is 5.92 Å². The number of fused-ring (bicyclic) bond motifs is 1. The van der Waals surface area contributed by atoms with E-state index in [0.717, 1.165) is 19.4 Å². The molecule has 3 nitrogen and oxygen atoms in total. The number of hydrogen-bond acceptors (Lipinski definition) is 3. The Hall–Kier alpha value is -0.120. The molecular formula is C7H12O3. The third-order valence-electron chi connectivity index (χ3n) is 2.20. The van der Waals surface area contributed by atoms with Crippen LogP contribution >= 0.6 is 0 Å². The molecule has 2 aliphatic rings. The van der Waals surface area contributed by atoms with Gasteiger partial charge in [-0.3, -0.25) is 0 Å². The van der Waals surface area contributed by atoms with Crippen LogP contribution in [0.25, 0.3) is 0 Å². The SMILES string of the molecule is CO[C@H]1CC2CCO[C@@H]2O1. The second-order valence-corrected chi connectivity index (χ2v) is 2.82. The predicted molar refractivity (Wildman–Crippen MR) is 34.3 cm³/mol. The Morgan fingerprint density at radius 3 is 3.10 bits per heavy atom. The minimum absolute atomic E-state index is 0.0182. The standard InChI is InChI=1S/C7H12O3/c1-8-6-4-5-2-3-9-7(5)10-6/h5-7H,2-4H2,1H3/t5?,6-,7-/m1/s1. The fourth-order valence-electron chi connectivity index (χ4n) is 1.59. The molecule has 0 aromatic heterocycles. The van der Waals surface area contributed by atoms with Gasteiger partial charge in [-0.15, -0.1) is 0 Å². The maximum absolute atomic E-state index is 5.39. The van der Waals surface area contributed by atoms with Crippen molar-refractivity contribution < 1.29 is 14.2 Å². The molecule has 0 bridgehead atoms. The molecule has 0 radical (unpaired) electrons. The van der Waals surface area contributed by atoms with E-state index >= 15 is 0 Å². The van der Waals surface area contributed by atoms with Gasteiger partial charge in [-0.1, -0.05) is 0 Å². The van der Waals surface area contributed by atoms with Gasteiger partial charge in [0, 0.05) is 19.4 Å². The van der Waals surface area contributed by atoms with E-state index in [4.69, 9.17) is 14.2 Å². The highest BCUT2D eigenvalue weighted by Crippen LogP contribution is 2.34. The van der Waals surface area contributed by atoms with E-state index in [9.17, 15) is 0 Å². The number of methoxy groups -OCH3 is 1. The zero-order chi connectivity index (χ0) is 6.97. The van der Waals surface area contributed by atoms with E-state index in [1.165, 1.54) is 0 Å². The lowest BCUT2D eigenvalue weighted by atomic mass is 10.1. The Labute approximate surface area is 60.3 Å². The van der Waals surface area contributed by atoms with Crippen molar-refractivity contribution in [3.05, 3.63) is 0 Å². The third kappa shape index (κ3) is 0.944. The minimum atomic E-state index is -0.0182. The lowest BCUT2D eigenvalue weighted by molar-refractivity contribution is -0.187. The van der Waals surface area contributed by atoms with Crippen molar-refractivity contribution in [1.82, 2.24) is 0 Å². The van der Waals surface area contributed by atoms with E-state index in [-0.39, 0.29) is 12.6 Å². The fraction of sp³-hybridized carbons (Fsp3) is 1.00. The first-order valence-electron chi connectivity index (χ1n) is 3.70. The summed E-state index contributed by atoms with van der Waals surface area (Å²) in [5, 5.41) is 0. The second-order valence-electron chi connectivity index (χ2n) is 2.82. The van der Waals surface area contributed by atoms with Crippen molar-refractivity contribution in [2.75, 3.05) is 13.7 Å². The highest BCUT2D eigenvalue weighted by atomic mass is 16.8. The molecule has 0 saturated carbocycles. The normalized spacial score (nSPS) is 45.9. The van der Waals surface area contributed by atoms with Crippen LogP contribution in [0.15, 0.2) is 0 Å². The van der Waals surface area contributed by atoms with Crippen molar-refractivity contribution >= 4 is 0 Å². The van der Waals surface area contributed by atoms with Crippen LogP contribution in [0.3, 0.4) is 0 Å². The Bertz CT molecular complexity index is 114. The van der Waals surface area contributed by atoms with Crippen molar-refractivity contribution in [2.24, 2.45) is 5.92 Å². The van der Waals surface area contributed by atoms with Crippen LogP contribution in [0.5, 0.6) is 0 Å². The van der Waals surface area contributed by atoms with Gasteiger partial charge in [-0.2, -0.15) is 0 Å². The van der Waals surface area contributed by atoms with Crippen molar-refractivity contribution in [1.29, 1.82) is 0 Å². The molecule has 2 heterocycles. The van der Waals surface area contributed by atoms with Crippen LogP contribution < -0.4 is 0 Å². The van der Waals surface area contributed by atoms with Gasteiger partial charge in [0.1, 0.15) is 0 Å². The summed E-state index contributed by atoms with van der Waals surface area (Å²) in [4.78, 5) is 0. The van der Waals surface area contributed by atoms with E-state index < -0.39 is 0 Å². The summed E-state index contributed by atoms with van der Waals surface area (Å²) >= 11 is 0. The summed E-state index contributed by atoms with van der Waals surface area (Å²) in [6.07, 6.45) is 2.14. The Balaban J connectivity index is 1.94. The largest absolute Gasteiger partial charge is 0.356 e. The molecule has 0 aromatic rings. The predicted octanol–water partition coefficient (Wildman–Crippen LogP) is 0.742. The molecule has 1 unspecified atom stereocenters. The van der Waals surface area contributed by atoms with Crippen LogP contribution in [0.2, 0.25) is 0 Å². The highest BCUT2D eigenvalue weighted by Gasteiger charge is 2.39. The van der Waals surface area contributed by atoms with Crippen molar-refractivity contribution in [3.63, 3.8) is 0 Å². The van der Waals surface area contributed by atoms with Gasteiger partial charge in [0.25, 0.3) is 0 Å². The first-order chi connectivity index (χ1) is 4.90. The maximum atomic E-state index is 5.39. The smallest absolute Gasteiger partial charge is 0.163 e. The Morgan fingerprint density at radius 2 is 2.40 bits per heavy atom. The molecule has 58 valence electrons. The summed E-state index contributed by atoms with van der Waals surface area (Å²) in [7, 11) is 1.67. The van der Waals surface area contributed by atoms with Gasteiger partial charge in [0.15, 0.2) is 12.6 Å². The van der Waals surface area contributed by atoms with Crippen molar-refractivity contribution in [2.45, 2.75) is 25.4 Å². The Kier molecular flexibility index (Phi) is 1.64. The molecule has 2 fully saturated rings. The molecule has 0 aliphatic carbocycles. The maximum Gasteiger partial charge on any atom is 0.163 e. The third-order valence-corrected chi connectivity index (χ3v) is 2.20. The first kappa shape index (κ1) is 6.58. The van der Waals surface area contributed by atoms with Crippen molar-refractivity contribution in [3.8, 4) is 0 Å². The van der Waals surface area contributed by atoms with Gasteiger partial charge in [-0.05, 0) is 6.42 Å². The van der Waals surface area contributed by atoms with Crippen LogP contribution in [0, 0.1) is 5.92 Å². The van der Waals surface area contributed by atoms with Crippen LogP contribution in [0.4, 0.5) is 0 Å². The summed E-state index contributed by atoms with van der Waals surface area (Å²) < 4.78 is 15.7. The zero-order valence-electron chi connectivity index (χ0n) is 6.08. The number of hydrogen-bond donors (Lipinski definition) is 0. The zero-order valence-corrected chi connectivity index (χ0v) is 6.08. The topological polar surface area (TPSA) is 27.7 Å². The number of ether oxygens (including phenoxy) is 3. The quantitative estimate of drug-likeness (QED) is 0.543. The van der Waals surface area contributed by atoms with Crippen LogP contribution in [0.1, 0.15) is 12.8 Å². The molecule has 0 aromatic carbocycles. The first-order valence-corrected chi connectivity index (χ1v) is 3.70. The molecule has 0 N–H and O–H groups in total. The average Bonchev–Trinajstić information content (AvgIpc) is 2.42. The van der Waals surface area contributed by atoms with Gasteiger partial charge < -0.3 is 14.2 Å². The fourth-order valence-corrected chi connectivity index (χ4v) is 1.59. The number of rotatable bonds is 1. The molecule has 3 heteroatoms. The monoisotopic (exact) mass is 144 g/mol. The Morgan fingerprint density at radius 1 is 1.50 bits per heavy atom. The molecule has 2 saturated heterocycles. The molecule has 3 atom stereocenters. The molecule has 0 amide bonds. The summed E-state index contributed by atoms with van der Waals surface area (Å²) in [5.41, 5.74) is 0. The highest BCUT2D eigenvalue weighted by molar-refractivity contribution is 4.76. The second kappa shape index (κ2) is 2.49. The average molecular weight is 144 g/mol. The molecule has 0 spiro atoms.